The summed E-state index contributed by atoms with van der Waals surface area (Å²) in [7, 11) is 0. The van der Waals surface area contributed by atoms with Crippen LogP contribution in [0.4, 0.5) is 19.0 Å². The summed E-state index contributed by atoms with van der Waals surface area (Å²) in [5, 5.41) is 31.2. The summed E-state index contributed by atoms with van der Waals surface area (Å²) in [4.78, 5) is 12.9. The predicted molar refractivity (Wildman–Crippen MR) is 107 cm³/mol. The fourth-order valence-corrected chi connectivity index (χ4v) is 4.43. The van der Waals surface area contributed by atoms with Crippen LogP contribution >= 0.6 is 0 Å². The van der Waals surface area contributed by atoms with E-state index in [1.54, 1.807) is 0 Å². The first-order valence-electron chi connectivity index (χ1n) is 10.2. The molecule has 1 aromatic heterocycles. The Morgan fingerprint density at radius 1 is 1.19 bits per heavy atom. The van der Waals surface area contributed by atoms with Crippen molar-refractivity contribution in [3.63, 3.8) is 0 Å². The number of phenolic OH excluding ortho intramolecular Hbond substituents is 1. The summed E-state index contributed by atoms with van der Waals surface area (Å²) < 4.78 is 38.7. The maximum absolute atomic E-state index is 12.9. The van der Waals surface area contributed by atoms with Crippen molar-refractivity contribution in [3.05, 3.63) is 34.9 Å². The van der Waals surface area contributed by atoms with Crippen LogP contribution in [-0.2, 0) is 23.8 Å². The zero-order valence-corrected chi connectivity index (χ0v) is 16.7. The minimum atomic E-state index is -4.54. The van der Waals surface area contributed by atoms with E-state index in [9.17, 15) is 23.1 Å². The van der Waals surface area contributed by atoms with Crippen LogP contribution in [0.1, 0.15) is 36.0 Å². The number of nitrogens with zero attached hydrogens (tertiary/aromatic N) is 3. The minimum Gasteiger partial charge on any atom is -0.507 e. The van der Waals surface area contributed by atoms with E-state index in [0.29, 0.717) is 30.5 Å². The van der Waals surface area contributed by atoms with Crippen LogP contribution in [0.2, 0.25) is 0 Å². The molecule has 31 heavy (non-hydrogen) atoms. The molecule has 1 aliphatic carbocycles. The van der Waals surface area contributed by atoms with Crippen LogP contribution in [0.15, 0.2) is 18.2 Å². The predicted octanol–water partition coefficient (Wildman–Crippen LogP) is 3.32. The molecule has 2 aromatic rings. The molecule has 1 atom stereocenters. The lowest BCUT2D eigenvalue weighted by Crippen LogP contribution is -2.44. The number of anilines is 1. The number of fused-ring (bicyclic) bond motifs is 1. The summed E-state index contributed by atoms with van der Waals surface area (Å²) in [5.74, 6) is -0.706. The number of carbonyl (C=O) groups is 1. The first kappa shape index (κ1) is 21.4. The van der Waals surface area contributed by atoms with Crippen molar-refractivity contribution in [1.82, 2.24) is 15.1 Å². The number of aromatic hydroxyl groups is 1. The fourth-order valence-electron chi connectivity index (χ4n) is 4.43. The van der Waals surface area contributed by atoms with Crippen molar-refractivity contribution in [1.29, 1.82) is 0 Å². The van der Waals surface area contributed by atoms with Crippen molar-refractivity contribution in [2.75, 3.05) is 25.0 Å². The number of hydrogen-bond donors (Lipinski definition) is 3. The summed E-state index contributed by atoms with van der Waals surface area (Å²) in [5.41, 5.74) is 1.56. The molecule has 0 amide bonds. The van der Waals surface area contributed by atoms with Gasteiger partial charge in [0.2, 0.25) is 0 Å². The van der Waals surface area contributed by atoms with Crippen LogP contribution < -0.4 is 5.32 Å². The van der Waals surface area contributed by atoms with Gasteiger partial charge in [0.1, 0.15) is 11.4 Å². The van der Waals surface area contributed by atoms with E-state index in [0.717, 1.165) is 49.4 Å². The van der Waals surface area contributed by atoms with E-state index in [1.807, 2.05) is 4.90 Å². The van der Waals surface area contributed by atoms with Crippen LogP contribution in [0.3, 0.4) is 0 Å². The molecule has 0 bridgehead atoms. The molecule has 166 valence electrons. The van der Waals surface area contributed by atoms with Gasteiger partial charge in [-0.05, 0) is 62.4 Å². The molecule has 1 saturated heterocycles. The first-order valence-corrected chi connectivity index (χ1v) is 10.2. The van der Waals surface area contributed by atoms with Crippen molar-refractivity contribution in [3.8, 4) is 17.0 Å². The zero-order chi connectivity index (χ0) is 22.2. The Hall–Kier alpha value is -2.88. The van der Waals surface area contributed by atoms with E-state index in [2.05, 4.69) is 15.5 Å². The normalized spacial score (nSPS) is 19.3. The van der Waals surface area contributed by atoms with Crippen LogP contribution in [0, 0.1) is 0 Å². The maximum Gasteiger partial charge on any atom is 0.416 e. The van der Waals surface area contributed by atoms with Gasteiger partial charge in [-0.1, -0.05) is 0 Å². The standard InChI is InChI=1S/C21H23F3N4O3/c22-21(23,24)12-6-7-16(17(29)9-12)19-14-4-1-5-15(14)20(27-26-19)25-13-3-2-8-28(10-13)11-18(30)31/h6-7,9,13,29H,1-5,8,10-11H2,(H,25,27)(H,30,31). The third kappa shape index (κ3) is 4.58. The number of piperidine rings is 1. The number of aromatic nitrogens is 2. The Morgan fingerprint density at radius 3 is 2.68 bits per heavy atom. The highest BCUT2D eigenvalue weighted by Crippen LogP contribution is 2.40. The molecular weight excluding hydrogens is 413 g/mol. The number of rotatable bonds is 5. The van der Waals surface area contributed by atoms with E-state index in [4.69, 9.17) is 5.11 Å². The lowest BCUT2D eigenvalue weighted by atomic mass is 10.0. The lowest BCUT2D eigenvalue weighted by Gasteiger charge is -2.32. The summed E-state index contributed by atoms with van der Waals surface area (Å²) in [6.45, 7) is 1.32. The second kappa shape index (κ2) is 8.33. The number of carboxylic acids is 1. The second-order valence-electron chi connectivity index (χ2n) is 8.05. The maximum atomic E-state index is 12.9. The third-order valence-electron chi connectivity index (χ3n) is 5.82. The molecular formula is C21H23F3N4O3. The Morgan fingerprint density at radius 2 is 1.97 bits per heavy atom. The number of hydrogen-bond acceptors (Lipinski definition) is 6. The van der Waals surface area contributed by atoms with Gasteiger partial charge in [-0.3, -0.25) is 9.69 Å². The van der Waals surface area contributed by atoms with Gasteiger partial charge in [0.15, 0.2) is 5.82 Å². The fraction of sp³-hybridized carbons (Fsp3) is 0.476. The van der Waals surface area contributed by atoms with Crippen molar-refractivity contribution < 1.29 is 28.2 Å². The molecule has 7 nitrogen and oxygen atoms in total. The number of carboxylic acid groups (broad SMARTS) is 1. The van der Waals surface area contributed by atoms with Crippen LogP contribution in [0.5, 0.6) is 5.75 Å². The van der Waals surface area contributed by atoms with Crippen molar-refractivity contribution in [2.24, 2.45) is 0 Å². The largest absolute Gasteiger partial charge is 0.507 e. The van der Waals surface area contributed by atoms with Gasteiger partial charge < -0.3 is 15.5 Å². The first-order chi connectivity index (χ1) is 14.7. The number of nitrogens with one attached hydrogen (secondary N) is 1. The van der Waals surface area contributed by atoms with Gasteiger partial charge in [0.05, 0.1) is 12.1 Å². The van der Waals surface area contributed by atoms with Gasteiger partial charge in [-0.2, -0.15) is 13.2 Å². The highest BCUT2D eigenvalue weighted by Gasteiger charge is 2.32. The average molecular weight is 436 g/mol. The monoisotopic (exact) mass is 436 g/mol. The number of phenols is 1. The summed E-state index contributed by atoms with van der Waals surface area (Å²) in [6, 6.07) is 2.92. The zero-order valence-electron chi connectivity index (χ0n) is 16.7. The topological polar surface area (TPSA) is 98.6 Å². The second-order valence-corrected chi connectivity index (χ2v) is 8.05. The molecule has 0 radical (unpaired) electrons. The van der Waals surface area contributed by atoms with Crippen LogP contribution in [-0.4, -0.2) is 57.0 Å². The van der Waals surface area contributed by atoms with Gasteiger partial charge >= 0.3 is 12.1 Å². The van der Waals surface area contributed by atoms with Crippen molar-refractivity contribution in [2.45, 2.75) is 44.3 Å². The SMILES string of the molecule is O=C(O)CN1CCCC(Nc2nnc(-c3ccc(C(F)(F)F)cc3O)c3c2CCC3)C1. The molecule has 1 fully saturated rings. The van der Waals surface area contributed by atoms with Crippen molar-refractivity contribution >= 4 is 11.8 Å². The average Bonchev–Trinajstić information content (AvgIpc) is 3.18. The number of likely N-dealkylation sites (tertiary alicyclic amines) is 1. The number of benzene rings is 1. The number of aliphatic carboxylic acids is 1. The molecule has 1 unspecified atom stereocenters. The van der Waals surface area contributed by atoms with Crippen LogP contribution in [0.25, 0.3) is 11.3 Å². The third-order valence-corrected chi connectivity index (χ3v) is 5.82. The highest BCUT2D eigenvalue weighted by molar-refractivity contribution is 5.73. The van der Waals surface area contributed by atoms with Gasteiger partial charge in [0, 0.05) is 23.7 Å². The molecule has 0 saturated carbocycles. The Bertz CT molecular complexity index is 997. The van der Waals surface area contributed by atoms with Gasteiger partial charge in [0.25, 0.3) is 0 Å². The number of halogens is 3. The lowest BCUT2D eigenvalue weighted by molar-refractivity contribution is -0.139. The summed E-state index contributed by atoms with van der Waals surface area (Å²) >= 11 is 0. The van der Waals surface area contributed by atoms with E-state index >= 15 is 0 Å². The van der Waals surface area contributed by atoms with Gasteiger partial charge in [-0.15, -0.1) is 10.2 Å². The molecule has 2 aliphatic rings. The molecule has 3 N–H and O–H groups in total. The number of alkyl halides is 3. The molecule has 1 aliphatic heterocycles. The molecule has 2 heterocycles. The van der Waals surface area contributed by atoms with Gasteiger partial charge in [-0.25, -0.2) is 0 Å². The quantitative estimate of drug-likeness (QED) is 0.661. The molecule has 4 rings (SSSR count). The summed E-state index contributed by atoms with van der Waals surface area (Å²) in [6.07, 6.45) is -0.460. The highest BCUT2D eigenvalue weighted by atomic mass is 19.4. The Labute approximate surface area is 176 Å². The molecule has 0 spiro atoms. The Balaban J connectivity index is 1.59. The Kier molecular flexibility index (Phi) is 5.74. The molecule has 1 aromatic carbocycles. The molecule has 10 heteroatoms. The van der Waals surface area contributed by atoms with E-state index in [-0.39, 0.29) is 18.2 Å². The van der Waals surface area contributed by atoms with E-state index < -0.39 is 23.5 Å². The smallest absolute Gasteiger partial charge is 0.416 e. The minimum absolute atomic E-state index is 0.00585. The van der Waals surface area contributed by atoms with E-state index in [1.165, 1.54) is 6.07 Å².